The third kappa shape index (κ3) is 4.13. The molecule has 0 spiro atoms. The van der Waals surface area contributed by atoms with Gasteiger partial charge in [0, 0.05) is 57.0 Å². The van der Waals surface area contributed by atoms with Crippen LogP contribution in [-0.4, -0.2) is 15.0 Å². The van der Waals surface area contributed by atoms with Crippen LogP contribution in [0.5, 0.6) is 0 Å². The number of rotatable bonds is 4. The molecule has 0 unspecified atom stereocenters. The SMILES string of the molecule is [2H]c1c([2H])c([2H])c(-c2cccc3c2sc2cc(-c4nc(-c5ccccc5)nc(-c5cccc6c5sc5ccccc56)n4)ccc23)c([2H])c1[2H]. The van der Waals surface area contributed by atoms with Crippen molar-refractivity contribution in [3.8, 4) is 45.3 Å². The molecule has 0 N–H and O–H groups in total. The lowest BCUT2D eigenvalue weighted by Crippen LogP contribution is -2.00. The Labute approximate surface area is 268 Å². The topological polar surface area (TPSA) is 38.7 Å². The standard InChI is InChI=1S/C39H23N3S2/c1-3-11-24(12-4-1)27-16-9-17-31-29-22-21-26(23-34(29)44-35(27)31)38-40-37(25-13-5-2-6-14-25)41-39(42-38)32-19-10-18-30-28-15-7-8-20-33(28)43-36(30)32/h1-23H/i1D,3D,4D,11D,12D. The minimum absolute atomic E-state index is 0.202. The van der Waals surface area contributed by atoms with Gasteiger partial charge >= 0.3 is 0 Å². The first kappa shape index (κ1) is 20.6. The van der Waals surface area contributed by atoms with Crippen LogP contribution in [0.3, 0.4) is 0 Å². The number of thiophene rings is 2. The van der Waals surface area contributed by atoms with Crippen LogP contribution in [0.1, 0.15) is 6.85 Å². The summed E-state index contributed by atoms with van der Waals surface area (Å²) in [6.07, 6.45) is 0. The molecule has 5 heteroatoms. The molecule has 0 atom stereocenters. The minimum Gasteiger partial charge on any atom is -0.208 e. The lowest BCUT2D eigenvalue weighted by molar-refractivity contribution is 1.08. The molecule has 0 amide bonds. The van der Waals surface area contributed by atoms with Gasteiger partial charge in [0.15, 0.2) is 17.5 Å². The molecule has 0 radical (unpaired) electrons. The fourth-order valence-electron chi connectivity index (χ4n) is 5.78. The molecule has 3 nitrogen and oxygen atoms in total. The average Bonchev–Trinajstić information content (AvgIpc) is 3.72. The molecule has 0 fully saturated rings. The second-order valence-corrected chi connectivity index (χ2v) is 12.6. The van der Waals surface area contributed by atoms with Crippen molar-refractivity contribution in [2.24, 2.45) is 0 Å². The van der Waals surface area contributed by atoms with Gasteiger partial charge in [-0.15, -0.1) is 22.7 Å². The highest BCUT2D eigenvalue weighted by molar-refractivity contribution is 7.26. The van der Waals surface area contributed by atoms with Crippen molar-refractivity contribution < 1.29 is 6.85 Å². The summed E-state index contributed by atoms with van der Waals surface area (Å²) >= 11 is 3.26. The Kier molecular flexibility index (Phi) is 4.78. The van der Waals surface area contributed by atoms with Gasteiger partial charge in [-0.25, -0.2) is 15.0 Å². The Bertz CT molecular complexity index is 2760. The van der Waals surface area contributed by atoms with E-state index in [0.717, 1.165) is 41.6 Å². The molecule has 0 aliphatic heterocycles. The van der Waals surface area contributed by atoms with Crippen molar-refractivity contribution in [2.45, 2.75) is 0 Å². The normalized spacial score (nSPS) is 13.2. The van der Waals surface area contributed by atoms with Gasteiger partial charge in [-0.1, -0.05) is 121 Å². The van der Waals surface area contributed by atoms with Crippen LogP contribution >= 0.6 is 22.7 Å². The van der Waals surface area contributed by atoms with E-state index in [2.05, 4.69) is 48.5 Å². The van der Waals surface area contributed by atoms with Gasteiger partial charge in [-0.05, 0) is 29.3 Å². The highest BCUT2D eigenvalue weighted by atomic mass is 32.1. The minimum atomic E-state index is -0.401. The van der Waals surface area contributed by atoms with E-state index in [1.165, 1.54) is 26.8 Å². The summed E-state index contributed by atoms with van der Waals surface area (Å²) in [5, 5.41) is 4.34. The third-order valence-electron chi connectivity index (χ3n) is 7.84. The van der Waals surface area contributed by atoms with E-state index in [9.17, 15) is 0 Å². The molecule has 9 rings (SSSR count). The fraction of sp³-hybridized carbons (Fsp3) is 0. The maximum absolute atomic E-state index is 8.60. The molecular formula is C39H23N3S2. The Hall–Kier alpha value is -5.23. The molecule has 3 aromatic heterocycles. The zero-order chi connectivity index (χ0) is 33.4. The summed E-state index contributed by atoms with van der Waals surface area (Å²) in [7, 11) is 0. The van der Waals surface area contributed by atoms with Crippen molar-refractivity contribution in [1.82, 2.24) is 15.0 Å². The van der Waals surface area contributed by atoms with E-state index in [1.807, 2.05) is 60.7 Å². The van der Waals surface area contributed by atoms with Crippen LogP contribution in [0.15, 0.2) is 139 Å². The van der Waals surface area contributed by atoms with Gasteiger partial charge < -0.3 is 0 Å². The number of hydrogen-bond acceptors (Lipinski definition) is 5. The van der Waals surface area contributed by atoms with Gasteiger partial charge in [0.1, 0.15) is 0 Å². The Morgan fingerprint density at radius 2 is 1.05 bits per heavy atom. The molecular weight excluding hydrogens is 575 g/mol. The molecule has 0 saturated heterocycles. The smallest absolute Gasteiger partial charge is 0.165 e. The predicted molar refractivity (Wildman–Crippen MR) is 187 cm³/mol. The van der Waals surface area contributed by atoms with Crippen LogP contribution in [0.2, 0.25) is 0 Å². The number of fused-ring (bicyclic) bond motifs is 6. The maximum Gasteiger partial charge on any atom is 0.165 e. The Morgan fingerprint density at radius 1 is 0.432 bits per heavy atom. The van der Waals surface area contributed by atoms with Gasteiger partial charge in [-0.2, -0.15) is 0 Å². The molecule has 9 aromatic rings. The predicted octanol–water partition coefficient (Wildman–Crippen LogP) is 11.3. The zero-order valence-electron chi connectivity index (χ0n) is 28.1. The zero-order valence-corrected chi connectivity index (χ0v) is 24.7. The van der Waals surface area contributed by atoms with Crippen LogP contribution in [0.25, 0.3) is 85.6 Å². The molecule has 206 valence electrons. The Morgan fingerprint density at radius 3 is 1.86 bits per heavy atom. The van der Waals surface area contributed by atoms with E-state index >= 15 is 0 Å². The van der Waals surface area contributed by atoms with Crippen molar-refractivity contribution in [1.29, 1.82) is 0 Å². The highest BCUT2D eigenvalue weighted by Gasteiger charge is 2.17. The maximum atomic E-state index is 8.60. The summed E-state index contributed by atoms with van der Waals surface area (Å²) in [5.41, 5.74) is 3.48. The Balaban J connectivity index is 1.25. The summed E-state index contributed by atoms with van der Waals surface area (Å²) in [6.45, 7) is 0. The first-order valence-electron chi connectivity index (χ1n) is 16.6. The van der Waals surface area contributed by atoms with Crippen LogP contribution in [0.4, 0.5) is 0 Å². The van der Waals surface area contributed by atoms with Crippen molar-refractivity contribution in [3.05, 3.63) is 139 Å². The summed E-state index contributed by atoms with van der Waals surface area (Å²) in [6, 6.07) is 34.9. The molecule has 44 heavy (non-hydrogen) atoms. The quantitative estimate of drug-likeness (QED) is 0.201. The summed E-state index contributed by atoms with van der Waals surface area (Å²) in [5.74, 6) is 1.73. The van der Waals surface area contributed by atoms with Crippen molar-refractivity contribution in [2.75, 3.05) is 0 Å². The lowest BCUT2D eigenvalue weighted by atomic mass is 10.0. The summed E-state index contributed by atoms with van der Waals surface area (Å²) < 4.78 is 45.9. The van der Waals surface area contributed by atoms with Crippen LogP contribution in [0, 0.1) is 0 Å². The van der Waals surface area contributed by atoms with E-state index in [0.29, 0.717) is 23.0 Å². The molecule has 0 aliphatic rings. The molecule has 6 aromatic carbocycles. The van der Waals surface area contributed by atoms with E-state index < -0.39 is 6.04 Å². The van der Waals surface area contributed by atoms with Gasteiger partial charge in [-0.3, -0.25) is 0 Å². The largest absolute Gasteiger partial charge is 0.208 e. The number of aromatic nitrogens is 3. The molecule has 0 bridgehead atoms. The first-order chi connectivity index (χ1) is 23.9. The van der Waals surface area contributed by atoms with E-state index in [1.54, 1.807) is 11.3 Å². The first-order valence-corrected chi connectivity index (χ1v) is 15.8. The summed E-state index contributed by atoms with van der Waals surface area (Å²) in [4.78, 5) is 15.1. The average molecular weight is 603 g/mol. The number of nitrogens with zero attached hydrogens (tertiary/aromatic N) is 3. The monoisotopic (exact) mass is 602 g/mol. The lowest BCUT2D eigenvalue weighted by Gasteiger charge is -2.09. The van der Waals surface area contributed by atoms with Crippen molar-refractivity contribution >= 4 is 63.0 Å². The van der Waals surface area contributed by atoms with Crippen LogP contribution < -0.4 is 0 Å². The second-order valence-electron chi connectivity index (χ2n) is 10.4. The van der Waals surface area contributed by atoms with Crippen LogP contribution in [-0.2, 0) is 0 Å². The molecule has 3 heterocycles. The van der Waals surface area contributed by atoms with Crippen molar-refractivity contribution in [3.63, 3.8) is 0 Å². The van der Waals surface area contributed by atoms with Gasteiger partial charge in [0.05, 0.1) is 6.85 Å². The molecule has 0 saturated carbocycles. The van der Waals surface area contributed by atoms with Gasteiger partial charge in [0.2, 0.25) is 0 Å². The number of benzene rings is 6. The molecule has 0 aliphatic carbocycles. The fourth-order valence-corrected chi connectivity index (χ4v) is 8.26. The number of hydrogen-bond donors (Lipinski definition) is 0. The van der Waals surface area contributed by atoms with Gasteiger partial charge in [0.25, 0.3) is 0 Å². The third-order valence-corrected chi connectivity index (χ3v) is 10.3. The second kappa shape index (κ2) is 10.2. The highest BCUT2D eigenvalue weighted by Crippen LogP contribution is 2.42. The van der Waals surface area contributed by atoms with E-state index in [4.69, 9.17) is 21.8 Å². The van der Waals surface area contributed by atoms with E-state index in [-0.39, 0.29) is 29.7 Å².